The van der Waals surface area contributed by atoms with Gasteiger partial charge in [0.1, 0.15) is 5.25 Å². The standard InChI is InChI=1S/C32H44N2O2S/c1-6-10-23-34(24-11-7-2)28-19-17-27(18-20-28)32(37(35,36)30-15-13-12-14-16-30)31-22-21-29(25-26(31)5)33(8-3)9-4/h12-22,25,32H,6-11,23-24H2,1-5H3. The maximum Gasteiger partial charge on any atom is 0.189 e. The van der Waals surface area contributed by atoms with Crippen LogP contribution >= 0.6 is 0 Å². The van der Waals surface area contributed by atoms with E-state index in [9.17, 15) is 8.42 Å². The van der Waals surface area contributed by atoms with E-state index >= 15 is 0 Å². The quantitative estimate of drug-likeness (QED) is 0.217. The van der Waals surface area contributed by atoms with Gasteiger partial charge in [0.2, 0.25) is 0 Å². The van der Waals surface area contributed by atoms with Crippen molar-refractivity contribution in [1.82, 2.24) is 0 Å². The lowest BCUT2D eigenvalue weighted by molar-refractivity contribution is 0.589. The highest BCUT2D eigenvalue weighted by Crippen LogP contribution is 2.38. The SMILES string of the molecule is CCCCN(CCCC)c1ccc(C(c2ccc(N(CC)CC)cc2C)S(=O)(=O)c2ccccc2)cc1. The Morgan fingerprint density at radius 3 is 1.78 bits per heavy atom. The number of hydrogen-bond donors (Lipinski definition) is 0. The highest BCUT2D eigenvalue weighted by atomic mass is 32.2. The van der Waals surface area contributed by atoms with Crippen molar-refractivity contribution in [2.45, 2.75) is 70.4 Å². The third-order valence-corrected chi connectivity index (χ3v) is 9.25. The number of sulfone groups is 1. The highest BCUT2D eigenvalue weighted by Gasteiger charge is 2.32. The van der Waals surface area contributed by atoms with E-state index in [0.717, 1.165) is 79.9 Å². The van der Waals surface area contributed by atoms with Crippen LogP contribution in [0.4, 0.5) is 11.4 Å². The first-order valence-corrected chi connectivity index (χ1v) is 15.4. The minimum atomic E-state index is -3.66. The lowest BCUT2D eigenvalue weighted by atomic mass is 9.98. The molecule has 0 bridgehead atoms. The molecule has 4 nitrogen and oxygen atoms in total. The zero-order valence-electron chi connectivity index (χ0n) is 23.3. The van der Waals surface area contributed by atoms with Crippen LogP contribution in [0.2, 0.25) is 0 Å². The van der Waals surface area contributed by atoms with Crippen molar-refractivity contribution in [3.63, 3.8) is 0 Å². The summed E-state index contributed by atoms with van der Waals surface area (Å²) >= 11 is 0. The maximum absolute atomic E-state index is 14.1. The summed E-state index contributed by atoms with van der Waals surface area (Å²) in [6, 6.07) is 23.3. The van der Waals surface area contributed by atoms with Crippen LogP contribution in [-0.4, -0.2) is 34.6 Å². The minimum absolute atomic E-state index is 0.351. The molecule has 1 atom stereocenters. The van der Waals surface area contributed by atoms with Crippen LogP contribution in [-0.2, 0) is 9.84 Å². The van der Waals surface area contributed by atoms with Gasteiger partial charge in [0.25, 0.3) is 0 Å². The first-order chi connectivity index (χ1) is 17.9. The van der Waals surface area contributed by atoms with Crippen molar-refractivity contribution in [1.29, 1.82) is 0 Å². The highest BCUT2D eigenvalue weighted by molar-refractivity contribution is 7.92. The van der Waals surface area contributed by atoms with Crippen LogP contribution in [0.25, 0.3) is 0 Å². The Labute approximate surface area is 225 Å². The second-order valence-corrected chi connectivity index (χ2v) is 11.8. The molecule has 0 saturated heterocycles. The van der Waals surface area contributed by atoms with E-state index in [2.05, 4.69) is 61.8 Å². The fourth-order valence-electron chi connectivity index (χ4n) is 4.94. The van der Waals surface area contributed by atoms with Crippen LogP contribution in [0.3, 0.4) is 0 Å². The van der Waals surface area contributed by atoms with Crippen molar-refractivity contribution >= 4 is 21.2 Å². The van der Waals surface area contributed by atoms with Gasteiger partial charge in [0.05, 0.1) is 4.90 Å². The van der Waals surface area contributed by atoms with Gasteiger partial charge in [-0.15, -0.1) is 0 Å². The molecule has 0 heterocycles. The van der Waals surface area contributed by atoms with Crippen molar-refractivity contribution in [3.05, 3.63) is 89.5 Å². The third-order valence-electron chi connectivity index (χ3n) is 7.17. The Bertz CT molecular complexity index is 1200. The van der Waals surface area contributed by atoms with Gasteiger partial charge in [-0.3, -0.25) is 0 Å². The lowest BCUT2D eigenvalue weighted by Gasteiger charge is -2.27. The number of rotatable bonds is 14. The Morgan fingerprint density at radius 1 is 0.703 bits per heavy atom. The van der Waals surface area contributed by atoms with Crippen LogP contribution < -0.4 is 9.80 Å². The van der Waals surface area contributed by atoms with Crippen LogP contribution in [0.5, 0.6) is 0 Å². The molecule has 0 spiro atoms. The molecule has 0 radical (unpaired) electrons. The van der Waals surface area contributed by atoms with Gasteiger partial charge in [-0.1, -0.05) is 63.1 Å². The first-order valence-electron chi connectivity index (χ1n) is 13.9. The summed E-state index contributed by atoms with van der Waals surface area (Å²) in [4.78, 5) is 5.07. The molecule has 0 N–H and O–H groups in total. The van der Waals surface area contributed by atoms with Gasteiger partial charge in [0.15, 0.2) is 9.84 Å². The molecule has 5 heteroatoms. The molecule has 0 saturated carbocycles. The molecule has 3 aromatic rings. The normalized spacial score (nSPS) is 12.4. The van der Waals surface area contributed by atoms with E-state index in [-0.39, 0.29) is 0 Å². The number of benzene rings is 3. The van der Waals surface area contributed by atoms with Crippen molar-refractivity contribution in [3.8, 4) is 0 Å². The summed E-state index contributed by atoms with van der Waals surface area (Å²) in [6.07, 6.45) is 4.60. The number of unbranched alkanes of at least 4 members (excludes halogenated alkanes) is 2. The van der Waals surface area contributed by atoms with E-state index < -0.39 is 15.1 Å². The van der Waals surface area contributed by atoms with Crippen molar-refractivity contribution in [2.24, 2.45) is 0 Å². The van der Waals surface area contributed by atoms with Crippen LogP contribution in [0.1, 0.15) is 75.3 Å². The number of nitrogens with zero attached hydrogens (tertiary/aromatic N) is 2. The van der Waals surface area contributed by atoms with E-state index in [4.69, 9.17) is 0 Å². The molecule has 0 aliphatic heterocycles. The zero-order chi connectivity index (χ0) is 26.8. The van der Waals surface area contributed by atoms with Crippen molar-refractivity contribution in [2.75, 3.05) is 36.0 Å². The zero-order valence-corrected chi connectivity index (χ0v) is 24.1. The van der Waals surface area contributed by atoms with E-state index in [1.165, 1.54) is 0 Å². The smallest absolute Gasteiger partial charge is 0.189 e. The van der Waals surface area contributed by atoms with Gasteiger partial charge >= 0.3 is 0 Å². The molecule has 0 aliphatic rings. The topological polar surface area (TPSA) is 40.6 Å². The summed E-state index contributed by atoms with van der Waals surface area (Å²) < 4.78 is 28.2. The molecule has 0 aliphatic carbocycles. The Kier molecular flexibility index (Phi) is 10.6. The number of hydrogen-bond acceptors (Lipinski definition) is 4. The molecular weight excluding hydrogens is 476 g/mol. The molecule has 0 aromatic heterocycles. The predicted octanol–water partition coefficient (Wildman–Crippen LogP) is 7.81. The molecule has 3 aromatic carbocycles. The Balaban J connectivity index is 2.08. The summed E-state index contributed by atoms with van der Waals surface area (Å²) in [5.41, 5.74) is 4.92. The Hall–Kier alpha value is -2.79. The monoisotopic (exact) mass is 520 g/mol. The molecule has 3 rings (SSSR count). The van der Waals surface area contributed by atoms with Crippen LogP contribution in [0, 0.1) is 6.92 Å². The van der Waals surface area contributed by atoms with E-state index in [0.29, 0.717) is 4.90 Å². The molecule has 37 heavy (non-hydrogen) atoms. The summed E-state index contributed by atoms with van der Waals surface area (Å²) in [7, 11) is -3.66. The minimum Gasteiger partial charge on any atom is -0.372 e. The summed E-state index contributed by atoms with van der Waals surface area (Å²) in [5, 5.41) is -0.769. The van der Waals surface area contributed by atoms with Gasteiger partial charge in [-0.2, -0.15) is 0 Å². The van der Waals surface area contributed by atoms with Gasteiger partial charge in [-0.25, -0.2) is 8.42 Å². The van der Waals surface area contributed by atoms with Crippen LogP contribution in [0.15, 0.2) is 77.7 Å². The third kappa shape index (κ3) is 6.95. The fourth-order valence-corrected chi connectivity index (χ4v) is 6.86. The average Bonchev–Trinajstić information content (AvgIpc) is 2.92. The molecule has 0 amide bonds. The molecule has 0 fully saturated rings. The number of aryl methyl sites for hydroxylation is 1. The second-order valence-electron chi connectivity index (χ2n) is 9.74. The summed E-state index contributed by atoms with van der Waals surface area (Å²) in [6.45, 7) is 14.6. The molecule has 200 valence electrons. The maximum atomic E-state index is 14.1. The Morgan fingerprint density at radius 2 is 1.27 bits per heavy atom. The van der Waals surface area contributed by atoms with Gasteiger partial charge in [0, 0.05) is 37.6 Å². The van der Waals surface area contributed by atoms with Gasteiger partial charge < -0.3 is 9.80 Å². The van der Waals surface area contributed by atoms with Crippen molar-refractivity contribution < 1.29 is 8.42 Å². The van der Waals surface area contributed by atoms with Gasteiger partial charge in [-0.05, 0) is 86.7 Å². The number of anilines is 2. The lowest BCUT2D eigenvalue weighted by Crippen LogP contribution is -2.25. The summed E-state index contributed by atoms with van der Waals surface area (Å²) in [5.74, 6) is 0. The largest absolute Gasteiger partial charge is 0.372 e. The second kappa shape index (κ2) is 13.7. The molecule has 1 unspecified atom stereocenters. The first kappa shape index (κ1) is 28.8. The van der Waals surface area contributed by atoms with E-state index in [1.807, 2.05) is 31.2 Å². The fraction of sp³-hybridized carbons (Fsp3) is 0.438. The molecular formula is C32H44N2O2S. The average molecular weight is 521 g/mol. The van der Waals surface area contributed by atoms with E-state index in [1.54, 1.807) is 24.3 Å². The predicted molar refractivity (Wildman–Crippen MR) is 159 cm³/mol.